The monoisotopic (exact) mass is 509 g/mol. The van der Waals surface area contributed by atoms with Crippen LogP contribution in [0.5, 0.6) is 0 Å². The molecule has 1 fully saturated rings. The van der Waals surface area contributed by atoms with Gasteiger partial charge in [0.1, 0.15) is 0 Å². The maximum atomic E-state index is 11.9. The summed E-state index contributed by atoms with van der Waals surface area (Å²) in [4.78, 5) is 17.8. The van der Waals surface area contributed by atoms with Crippen molar-refractivity contribution in [2.45, 2.75) is 17.5 Å². The molecule has 4 heterocycles. The molecule has 1 saturated heterocycles. The summed E-state index contributed by atoms with van der Waals surface area (Å²) in [7, 11) is -3.33. The van der Waals surface area contributed by atoms with Crippen LogP contribution in [0.15, 0.2) is 59.8 Å². The molecule has 8 nitrogen and oxygen atoms in total. The second-order valence-electron chi connectivity index (χ2n) is 8.97. The lowest BCUT2D eigenvalue weighted by Crippen LogP contribution is -2.55. The number of rotatable bonds is 4. The number of hydrogen-bond donors (Lipinski definition) is 1. The van der Waals surface area contributed by atoms with Crippen molar-refractivity contribution in [2.24, 2.45) is 0 Å². The summed E-state index contributed by atoms with van der Waals surface area (Å²) in [6.07, 6.45) is 4.98. The van der Waals surface area contributed by atoms with Gasteiger partial charge in [0.05, 0.1) is 36.0 Å². The van der Waals surface area contributed by atoms with Crippen LogP contribution in [0.3, 0.4) is 0 Å². The van der Waals surface area contributed by atoms with E-state index in [0.29, 0.717) is 30.6 Å². The highest BCUT2D eigenvalue weighted by molar-refractivity contribution is 7.90. The number of nitrogens with zero attached hydrogens (tertiary/aromatic N) is 4. The van der Waals surface area contributed by atoms with Crippen LogP contribution >= 0.6 is 11.6 Å². The predicted molar refractivity (Wildman–Crippen MR) is 137 cm³/mol. The van der Waals surface area contributed by atoms with Gasteiger partial charge in [-0.25, -0.2) is 18.4 Å². The first kappa shape index (κ1) is 22.3. The number of H-pyrrole nitrogens is 1. The highest BCUT2D eigenvalue weighted by atomic mass is 35.5. The van der Waals surface area contributed by atoms with E-state index in [-0.39, 0.29) is 10.9 Å². The Morgan fingerprint density at radius 2 is 2.11 bits per heavy atom. The average Bonchev–Trinajstić information content (AvgIpc) is 3.33. The SMILES string of the molecule is CS(=O)(=O)c1ccc(CN2CC3COCCN3c3nc(-c4cccc5[nH]ccc45)ncc32)c(Cl)c1. The fourth-order valence-electron chi connectivity index (χ4n) is 4.89. The Balaban J connectivity index is 1.40. The van der Waals surface area contributed by atoms with Crippen molar-refractivity contribution >= 4 is 43.8 Å². The first-order valence-corrected chi connectivity index (χ1v) is 13.7. The molecule has 0 saturated carbocycles. The van der Waals surface area contributed by atoms with E-state index >= 15 is 0 Å². The minimum atomic E-state index is -3.33. The minimum absolute atomic E-state index is 0.149. The average molecular weight is 510 g/mol. The zero-order valence-electron chi connectivity index (χ0n) is 19.1. The number of ether oxygens (including phenoxy) is 1. The molecule has 0 aliphatic carbocycles. The second-order valence-corrected chi connectivity index (χ2v) is 11.4. The van der Waals surface area contributed by atoms with Crippen molar-refractivity contribution in [1.29, 1.82) is 0 Å². The summed E-state index contributed by atoms with van der Waals surface area (Å²) < 4.78 is 29.6. The van der Waals surface area contributed by atoms with Crippen LogP contribution in [-0.2, 0) is 21.1 Å². The number of morpholine rings is 1. The van der Waals surface area contributed by atoms with Gasteiger partial charge in [-0.1, -0.05) is 29.8 Å². The predicted octanol–water partition coefficient (Wildman–Crippen LogP) is 3.91. The fourth-order valence-corrected chi connectivity index (χ4v) is 5.84. The number of hydrogen-bond acceptors (Lipinski definition) is 7. The van der Waals surface area contributed by atoms with Crippen molar-refractivity contribution < 1.29 is 13.2 Å². The van der Waals surface area contributed by atoms with Crippen LogP contribution in [-0.4, -0.2) is 62.0 Å². The number of aromatic amines is 1. The summed E-state index contributed by atoms with van der Waals surface area (Å²) in [5, 5.41) is 1.50. The number of nitrogens with one attached hydrogen (secondary N) is 1. The van der Waals surface area contributed by atoms with E-state index in [1.165, 1.54) is 12.3 Å². The molecule has 0 spiro atoms. The summed E-state index contributed by atoms with van der Waals surface area (Å²) in [6, 6.07) is 13.2. The third-order valence-corrected chi connectivity index (χ3v) is 8.13. The Kier molecular flexibility index (Phi) is 5.43. The van der Waals surface area contributed by atoms with Gasteiger partial charge < -0.3 is 19.5 Å². The van der Waals surface area contributed by atoms with Crippen LogP contribution in [0, 0.1) is 0 Å². The molecule has 35 heavy (non-hydrogen) atoms. The molecular weight excluding hydrogens is 486 g/mol. The van der Waals surface area contributed by atoms with Gasteiger partial charge in [0.25, 0.3) is 0 Å². The smallest absolute Gasteiger partial charge is 0.175 e. The zero-order chi connectivity index (χ0) is 24.2. The third-order valence-electron chi connectivity index (χ3n) is 6.67. The third kappa shape index (κ3) is 4.03. The largest absolute Gasteiger partial charge is 0.377 e. The lowest BCUT2D eigenvalue weighted by atomic mass is 10.1. The first-order valence-electron chi connectivity index (χ1n) is 11.4. The van der Waals surface area contributed by atoms with Crippen LogP contribution in [0.1, 0.15) is 5.56 Å². The van der Waals surface area contributed by atoms with E-state index in [9.17, 15) is 8.42 Å². The van der Waals surface area contributed by atoms with Gasteiger partial charge in [-0.15, -0.1) is 0 Å². The Labute approximate surface area is 208 Å². The highest BCUT2D eigenvalue weighted by Gasteiger charge is 2.35. The number of fused-ring (bicyclic) bond motifs is 4. The van der Waals surface area contributed by atoms with E-state index in [4.69, 9.17) is 26.3 Å². The minimum Gasteiger partial charge on any atom is -0.377 e. The molecule has 1 N–H and O–H groups in total. The van der Waals surface area contributed by atoms with Crippen molar-refractivity contribution in [1.82, 2.24) is 15.0 Å². The van der Waals surface area contributed by atoms with E-state index in [2.05, 4.69) is 14.8 Å². The molecule has 1 atom stereocenters. The molecule has 4 aromatic rings. The Hall–Kier alpha value is -3.14. The fraction of sp³-hybridized carbons (Fsp3) is 0.280. The van der Waals surface area contributed by atoms with E-state index in [1.54, 1.807) is 12.1 Å². The van der Waals surface area contributed by atoms with Gasteiger partial charge in [-0.2, -0.15) is 0 Å². The van der Waals surface area contributed by atoms with Gasteiger partial charge in [0.15, 0.2) is 21.5 Å². The number of benzene rings is 2. The molecule has 2 aliphatic rings. The Morgan fingerprint density at radius 3 is 2.94 bits per heavy atom. The Morgan fingerprint density at radius 1 is 1.23 bits per heavy atom. The maximum Gasteiger partial charge on any atom is 0.175 e. The highest BCUT2D eigenvalue weighted by Crippen LogP contribution is 2.38. The lowest BCUT2D eigenvalue weighted by Gasteiger charge is -2.45. The maximum absolute atomic E-state index is 11.9. The summed E-state index contributed by atoms with van der Waals surface area (Å²) in [5.74, 6) is 1.56. The summed E-state index contributed by atoms with van der Waals surface area (Å²) in [6.45, 7) is 3.27. The zero-order valence-corrected chi connectivity index (χ0v) is 20.7. The van der Waals surface area contributed by atoms with Gasteiger partial charge >= 0.3 is 0 Å². The molecule has 0 bridgehead atoms. The molecule has 2 aromatic heterocycles. The first-order chi connectivity index (χ1) is 16.9. The van der Waals surface area contributed by atoms with E-state index in [0.717, 1.165) is 46.6 Å². The van der Waals surface area contributed by atoms with Gasteiger partial charge in [-0.3, -0.25) is 0 Å². The number of aromatic nitrogens is 3. The molecule has 6 rings (SSSR count). The lowest BCUT2D eigenvalue weighted by molar-refractivity contribution is 0.0936. The molecule has 10 heteroatoms. The molecule has 180 valence electrons. The van der Waals surface area contributed by atoms with E-state index in [1.807, 2.05) is 36.7 Å². The van der Waals surface area contributed by atoms with Crippen LogP contribution < -0.4 is 9.80 Å². The second kappa shape index (κ2) is 8.51. The van der Waals surface area contributed by atoms with Crippen molar-refractivity contribution in [3.63, 3.8) is 0 Å². The molecule has 1 unspecified atom stereocenters. The standard InChI is InChI=1S/C25H24ClN5O3S/c1-35(32,33)18-6-5-16(21(26)11-18)13-30-14-17-15-34-10-9-31(17)25-23(30)12-28-24(29-25)20-3-2-4-22-19(20)7-8-27-22/h2-8,11-12,17,27H,9-10,13-15H2,1H3. The summed E-state index contributed by atoms with van der Waals surface area (Å²) in [5.41, 5.74) is 3.79. The molecule has 2 aliphatic heterocycles. The Bertz CT molecular complexity index is 1540. The van der Waals surface area contributed by atoms with Crippen molar-refractivity contribution in [3.05, 3.63) is 65.4 Å². The van der Waals surface area contributed by atoms with E-state index < -0.39 is 9.84 Å². The quantitative estimate of drug-likeness (QED) is 0.446. The summed E-state index contributed by atoms with van der Waals surface area (Å²) >= 11 is 6.51. The van der Waals surface area contributed by atoms with Gasteiger partial charge in [0.2, 0.25) is 0 Å². The molecule has 2 aromatic carbocycles. The van der Waals surface area contributed by atoms with Crippen molar-refractivity contribution in [3.8, 4) is 11.4 Å². The van der Waals surface area contributed by atoms with Gasteiger partial charge in [-0.05, 0) is 29.8 Å². The van der Waals surface area contributed by atoms with Crippen LogP contribution in [0.2, 0.25) is 5.02 Å². The normalized spacial score (nSPS) is 17.9. The number of anilines is 2. The van der Waals surface area contributed by atoms with Crippen LogP contribution in [0.25, 0.3) is 22.3 Å². The number of sulfone groups is 1. The van der Waals surface area contributed by atoms with Crippen LogP contribution in [0.4, 0.5) is 11.5 Å². The molecule has 0 radical (unpaired) electrons. The topological polar surface area (TPSA) is 91.4 Å². The number of halogens is 1. The molecule has 0 amide bonds. The molecular formula is C25H24ClN5O3S. The van der Waals surface area contributed by atoms with Gasteiger partial charge in [0, 0.05) is 53.6 Å². The van der Waals surface area contributed by atoms with Crippen molar-refractivity contribution in [2.75, 3.05) is 42.4 Å².